The van der Waals surface area contributed by atoms with Crippen LogP contribution in [0.15, 0.2) is 42.6 Å². The van der Waals surface area contributed by atoms with Gasteiger partial charge in [-0.2, -0.15) is 0 Å². The molecule has 3 heterocycles. The van der Waals surface area contributed by atoms with E-state index in [0.29, 0.717) is 12.8 Å². The molecule has 1 aliphatic carbocycles. The van der Waals surface area contributed by atoms with Gasteiger partial charge in [-0.15, -0.1) is 0 Å². The molecule has 1 fully saturated rings. The molecule has 2 aliphatic rings. The smallest absolute Gasteiger partial charge is 0.414 e. The number of benzene rings is 2. The minimum atomic E-state index is -0.714. The van der Waals surface area contributed by atoms with Crippen molar-refractivity contribution >= 4 is 39.7 Å². The number of carboxylic acids is 1. The summed E-state index contributed by atoms with van der Waals surface area (Å²) in [5, 5.41) is 10.9. The highest BCUT2D eigenvalue weighted by Gasteiger charge is 2.34. The van der Waals surface area contributed by atoms with E-state index in [1.165, 1.54) is 7.11 Å². The van der Waals surface area contributed by atoms with Crippen molar-refractivity contribution in [3.8, 4) is 0 Å². The number of H-pyrrole nitrogens is 1. The van der Waals surface area contributed by atoms with E-state index >= 15 is 0 Å². The molecular formula is C29H32N4O4. The Morgan fingerprint density at radius 3 is 2.84 bits per heavy atom. The van der Waals surface area contributed by atoms with Gasteiger partial charge in [-0.3, -0.25) is 9.69 Å². The molecule has 0 spiro atoms. The second kappa shape index (κ2) is 9.25. The number of anilines is 1. The fourth-order valence-electron chi connectivity index (χ4n) is 6.37. The standard InChI is InChI=1S/C29H32N4O4/c1-17-6-8-22-24(32(17)29(36)37-2)10-11-25-27(22)31-26(15-18-7-9-23-19(14-18)12-13-30-23)33(25)21-5-3-4-20(16-21)28(34)35/h7,9-14,17,20-21,30H,3-6,8,15-16H2,1-2H3,(H,34,35)/t17-,20+,21+/m0/s1. The largest absolute Gasteiger partial charge is 0.481 e. The summed E-state index contributed by atoms with van der Waals surface area (Å²) < 4.78 is 7.40. The molecule has 1 aliphatic heterocycles. The van der Waals surface area contributed by atoms with Crippen molar-refractivity contribution in [3.63, 3.8) is 0 Å². The third-order valence-electron chi connectivity index (χ3n) is 8.24. The summed E-state index contributed by atoms with van der Waals surface area (Å²) in [6.45, 7) is 2.04. The summed E-state index contributed by atoms with van der Waals surface area (Å²) in [6, 6.07) is 12.7. The first kappa shape index (κ1) is 23.6. The minimum Gasteiger partial charge on any atom is -0.481 e. The van der Waals surface area contributed by atoms with Gasteiger partial charge in [0.1, 0.15) is 5.82 Å². The summed E-state index contributed by atoms with van der Waals surface area (Å²) in [6.07, 6.45) is 7.04. The van der Waals surface area contributed by atoms with Crippen LogP contribution in [0.3, 0.4) is 0 Å². The summed E-state index contributed by atoms with van der Waals surface area (Å²) in [7, 11) is 1.41. The highest BCUT2D eigenvalue weighted by Crippen LogP contribution is 2.41. The summed E-state index contributed by atoms with van der Waals surface area (Å²) >= 11 is 0. The first-order valence-electron chi connectivity index (χ1n) is 13.1. The summed E-state index contributed by atoms with van der Waals surface area (Å²) in [5.41, 5.74) is 6.11. The lowest BCUT2D eigenvalue weighted by molar-refractivity contribution is -0.143. The van der Waals surface area contributed by atoms with E-state index in [9.17, 15) is 14.7 Å². The SMILES string of the molecule is COC(=O)N1c2ccc3c(nc(Cc4ccc5[nH]ccc5c4)n3[C@@H]3CCC[C@@H](C(=O)O)C3)c2CC[C@@H]1C. The van der Waals surface area contributed by atoms with Crippen molar-refractivity contribution in [2.45, 2.75) is 64.0 Å². The third kappa shape index (κ3) is 4.04. The topological polar surface area (TPSA) is 100 Å². The molecule has 0 bridgehead atoms. The molecule has 6 rings (SSSR count). The molecule has 1 saturated carbocycles. The van der Waals surface area contributed by atoms with E-state index in [-0.39, 0.29) is 24.1 Å². The zero-order chi connectivity index (χ0) is 25.7. The number of aryl methyl sites for hydroxylation is 1. The van der Waals surface area contributed by atoms with Gasteiger partial charge in [0.2, 0.25) is 0 Å². The maximum Gasteiger partial charge on any atom is 0.414 e. The third-order valence-corrected chi connectivity index (χ3v) is 8.24. The number of imidazole rings is 1. The molecule has 8 heteroatoms. The Morgan fingerprint density at radius 1 is 1.16 bits per heavy atom. The average molecular weight is 501 g/mol. The van der Waals surface area contributed by atoms with Gasteiger partial charge in [0.15, 0.2) is 0 Å². The Morgan fingerprint density at radius 2 is 2.03 bits per heavy atom. The van der Waals surface area contributed by atoms with Crippen LogP contribution in [0.5, 0.6) is 0 Å². The molecule has 0 radical (unpaired) electrons. The number of carboxylic acid groups (broad SMARTS) is 1. The van der Waals surface area contributed by atoms with Crippen LogP contribution in [0.1, 0.15) is 62.0 Å². The number of nitrogens with zero attached hydrogens (tertiary/aromatic N) is 3. The maximum atomic E-state index is 12.6. The zero-order valence-corrected chi connectivity index (χ0v) is 21.2. The van der Waals surface area contributed by atoms with Gasteiger partial charge in [-0.1, -0.05) is 12.5 Å². The fourth-order valence-corrected chi connectivity index (χ4v) is 6.37. The van der Waals surface area contributed by atoms with Crippen molar-refractivity contribution in [1.82, 2.24) is 14.5 Å². The molecule has 0 saturated heterocycles. The van der Waals surface area contributed by atoms with Crippen LogP contribution >= 0.6 is 0 Å². The second-order valence-electron chi connectivity index (χ2n) is 10.5. The molecule has 4 aromatic rings. The predicted molar refractivity (Wildman–Crippen MR) is 142 cm³/mol. The molecule has 37 heavy (non-hydrogen) atoms. The number of amides is 1. The monoisotopic (exact) mass is 500 g/mol. The number of methoxy groups -OCH3 is 1. The summed E-state index contributed by atoms with van der Waals surface area (Å²) in [5.74, 6) is -0.111. The van der Waals surface area contributed by atoms with Gasteiger partial charge < -0.3 is 19.4 Å². The van der Waals surface area contributed by atoms with Gasteiger partial charge in [0.05, 0.1) is 29.7 Å². The molecule has 3 atom stereocenters. The van der Waals surface area contributed by atoms with E-state index < -0.39 is 5.97 Å². The van der Waals surface area contributed by atoms with Crippen molar-refractivity contribution in [2.24, 2.45) is 5.92 Å². The molecular weight excluding hydrogens is 468 g/mol. The number of aromatic nitrogens is 3. The predicted octanol–water partition coefficient (Wildman–Crippen LogP) is 5.83. The molecule has 192 valence electrons. The fraction of sp³-hybridized carbons (Fsp3) is 0.414. The highest BCUT2D eigenvalue weighted by molar-refractivity contribution is 5.95. The van der Waals surface area contributed by atoms with Gasteiger partial charge in [0.25, 0.3) is 0 Å². The van der Waals surface area contributed by atoms with Gasteiger partial charge >= 0.3 is 12.1 Å². The lowest BCUT2D eigenvalue weighted by atomic mass is 9.85. The van der Waals surface area contributed by atoms with Crippen molar-refractivity contribution < 1.29 is 19.4 Å². The Hall–Kier alpha value is -3.81. The van der Waals surface area contributed by atoms with E-state index in [1.54, 1.807) is 4.90 Å². The Labute approximate surface area is 215 Å². The Bertz CT molecular complexity index is 1500. The minimum absolute atomic E-state index is 0.0432. The maximum absolute atomic E-state index is 12.6. The Balaban J connectivity index is 1.49. The number of ether oxygens (including phenoxy) is 1. The van der Waals surface area contributed by atoms with Crippen molar-refractivity contribution in [2.75, 3.05) is 12.0 Å². The molecule has 2 aromatic carbocycles. The number of hydrogen-bond donors (Lipinski definition) is 2. The Kier molecular flexibility index (Phi) is 5.89. The highest BCUT2D eigenvalue weighted by atomic mass is 16.5. The quantitative estimate of drug-likeness (QED) is 0.367. The molecule has 0 unspecified atom stereocenters. The van der Waals surface area contributed by atoms with Crippen LogP contribution < -0.4 is 4.90 Å². The number of rotatable bonds is 4. The van der Waals surface area contributed by atoms with E-state index in [1.807, 2.05) is 19.2 Å². The van der Waals surface area contributed by atoms with Gasteiger partial charge in [-0.25, -0.2) is 9.78 Å². The zero-order valence-electron chi connectivity index (χ0n) is 21.2. The van der Waals surface area contributed by atoms with Crippen LogP contribution in [0.4, 0.5) is 10.5 Å². The second-order valence-corrected chi connectivity index (χ2v) is 10.5. The van der Waals surface area contributed by atoms with Crippen molar-refractivity contribution in [1.29, 1.82) is 0 Å². The van der Waals surface area contributed by atoms with E-state index in [2.05, 4.69) is 39.9 Å². The lowest BCUT2D eigenvalue weighted by Gasteiger charge is -2.34. The number of carbonyl (C=O) groups is 2. The van der Waals surface area contributed by atoms with Gasteiger partial charge in [-0.05, 0) is 80.3 Å². The van der Waals surface area contributed by atoms with E-state index in [0.717, 1.165) is 76.7 Å². The average Bonchev–Trinajstić information content (AvgIpc) is 3.52. The number of hydrogen-bond acceptors (Lipinski definition) is 4. The van der Waals surface area contributed by atoms with Crippen LogP contribution in [-0.2, 0) is 22.4 Å². The number of aromatic amines is 1. The lowest BCUT2D eigenvalue weighted by Crippen LogP contribution is -2.42. The molecule has 2 N–H and O–H groups in total. The molecule has 8 nitrogen and oxygen atoms in total. The first-order chi connectivity index (χ1) is 17.9. The number of carbonyl (C=O) groups excluding carboxylic acids is 1. The van der Waals surface area contributed by atoms with Crippen LogP contribution in [0.2, 0.25) is 0 Å². The van der Waals surface area contributed by atoms with Crippen LogP contribution in [-0.4, -0.2) is 44.9 Å². The first-order valence-corrected chi connectivity index (χ1v) is 13.1. The van der Waals surface area contributed by atoms with E-state index in [4.69, 9.17) is 9.72 Å². The number of aliphatic carboxylic acids is 1. The molecule has 2 aromatic heterocycles. The number of fused-ring (bicyclic) bond motifs is 4. The van der Waals surface area contributed by atoms with Crippen LogP contribution in [0, 0.1) is 5.92 Å². The van der Waals surface area contributed by atoms with Gasteiger partial charge in [0, 0.05) is 35.8 Å². The number of nitrogens with one attached hydrogen (secondary N) is 1. The summed E-state index contributed by atoms with van der Waals surface area (Å²) in [4.78, 5) is 34.7. The van der Waals surface area contributed by atoms with Crippen molar-refractivity contribution in [3.05, 3.63) is 59.5 Å². The van der Waals surface area contributed by atoms with Crippen LogP contribution in [0.25, 0.3) is 21.9 Å². The normalized spacial score (nSPS) is 21.8. The molecule has 1 amide bonds.